The quantitative estimate of drug-likeness (QED) is 0.851. The summed E-state index contributed by atoms with van der Waals surface area (Å²) in [7, 11) is 0. The minimum Gasteiger partial charge on any atom is -0.326 e. The molecule has 0 radical (unpaired) electrons. The van der Waals surface area contributed by atoms with Gasteiger partial charge in [-0.25, -0.2) is 4.39 Å². The Kier molecular flexibility index (Phi) is 4.19. The number of nitrogens with zero attached hydrogens (tertiary/aromatic N) is 1. The number of piperidine rings is 1. The van der Waals surface area contributed by atoms with Gasteiger partial charge in [0.1, 0.15) is 5.82 Å². The lowest BCUT2D eigenvalue weighted by Crippen LogP contribution is -2.53. The summed E-state index contributed by atoms with van der Waals surface area (Å²) in [6, 6.07) is 4.77. The summed E-state index contributed by atoms with van der Waals surface area (Å²) in [6.45, 7) is 7.38. The van der Waals surface area contributed by atoms with Gasteiger partial charge in [0.25, 0.3) is 0 Å². The van der Waals surface area contributed by atoms with E-state index in [-0.39, 0.29) is 23.4 Å². The highest BCUT2D eigenvalue weighted by Crippen LogP contribution is 2.37. The molecule has 1 aromatic rings. The van der Waals surface area contributed by atoms with Gasteiger partial charge < -0.3 is 5.73 Å². The number of hydrogen-bond donors (Lipinski definition) is 1. The van der Waals surface area contributed by atoms with Crippen LogP contribution in [0.1, 0.15) is 45.2 Å². The fourth-order valence-electron chi connectivity index (χ4n) is 2.92. The second kappa shape index (κ2) is 5.39. The molecule has 1 saturated heterocycles. The molecule has 19 heavy (non-hydrogen) atoms. The fraction of sp³-hybridized carbons (Fsp3) is 0.600. The van der Waals surface area contributed by atoms with Crippen molar-refractivity contribution in [1.29, 1.82) is 0 Å². The molecule has 0 spiro atoms. The Balaban J connectivity index is 2.42. The molecule has 4 heteroatoms. The highest BCUT2D eigenvalue weighted by Gasteiger charge is 2.37. The van der Waals surface area contributed by atoms with E-state index in [1.54, 1.807) is 12.1 Å². The van der Waals surface area contributed by atoms with Gasteiger partial charge in [0, 0.05) is 22.2 Å². The van der Waals surface area contributed by atoms with Crippen LogP contribution in [0.5, 0.6) is 0 Å². The van der Waals surface area contributed by atoms with Crippen LogP contribution in [-0.4, -0.2) is 23.0 Å². The first kappa shape index (κ1) is 14.8. The third-order valence-electron chi connectivity index (χ3n) is 3.82. The van der Waals surface area contributed by atoms with Gasteiger partial charge in [0.05, 0.1) is 6.04 Å². The third kappa shape index (κ3) is 3.10. The monoisotopic (exact) mass is 284 g/mol. The molecule has 0 bridgehead atoms. The van der Waals surface area contributed by atoms with Gasteiger partial charge in [-0.3, -0.25) is 4.90 Å². The first-order chi connectivity index (χ1) is 8.80. The Morgan fingerprint density at radius 2 is 2.05 bits per heavy atom. The molecule has 2 rings (SSSR count). The maximum Gasteiger partial charge on any atom is 0.129 e. The van der Waals surface area contributed by atoms with Crippen LogP contribution < -0.4 is 5.73 Å². The maximum absolute atomic E-state index is 14.2. The molecule has 0 aromatic heterocycles. The minimum atomic E-state index is -0.260. The van der Waals surface area contributed by atoms with E-state index in [1.165, 1.54) is 6.07 Å². The SMILES string of the molecule is CC(C)(C)N1CCCC(N)C1c1ccc(Cl)cc1F. The summed E-state index contributed by atoms with van der Waals surface area (Å²) >= 11 is 5.83. The Morgan fingerprint density at radius 1 is 1.37 bits per heavy atom. The summed E-state index contributed by atoms with van der Waals surface area (Å²) in [5.74, 6) is -0.260. The Bertz CT molecular complexity index is 456. The van der Waals surface area contributed by atoms with Crippen LogP contribution in [0.3, 0.4) is 0 Å². The van der Waals surface area contributed by atoms with Crippen LogP contribution in [0.25, 0.3) is 0 Å². The number of hydrogen-bond acceptors (Lipinski definition) is 2. The molecule has 0 aliphatic carbocycles. The minimum absolute atomic E-state index is 0.0330. The van der Waals surface area contributed by atoms with Crippen LogP contribution in [0, 0.1) is 5.82 Å². The zero-order valence-electron chi connectivity index (χ0n) is 11.8. The van der Waals surface area contributed by atoms with Crippen molar-refractivity contribution < 1.29 is 4.39 Å². The number of likely N-dealkylation sites (tertiary alicyclic amines) is 1. The van der Waals surface area contributed by atoms with Crippen molar-refractivity contribution in [3.05, 3.63) is 34.6 Å². The Labute approximate surface area is 119 Å². The van der Waals surface area contributed by atoms with Gasteiger partial charge in [-0.2, -0.15) is 0 Å². The zero-order valence-corrected chi connectivity index (χ0v) is 12.5. The summed E-state index contributed by atoms with van der Waals surface area (Å²) in [4.78, 5) is 2.30. The van der Waals surface area contributed by atoms with Crippen molar-refractivity contribution >= 4 is 11.6 Å². The smallest absolute Gasteiger partial charge is 0.129 e. The molecule has 2 atom stereocenters. The normalized spacial score (nSPS) is 25.6. The standard InChI is InChI=1S/C15H22ClFN2/c1-15(2,3)19-8-4-5-13(18)14(19)11-7-6-10(16)9-12(11)17/h6-7,9,13-14H,4-5,8,18H2,1-3H3. The second-order valence-corrected chi connectivity index (χ2v) is 6.72. The summed E-state index contributed by atoms with van der Waals surface area (Å²) in [5.41, 5.74) is 6.89. The van der Waals surface area contributed by atoms with E-state index >= 15 is 0 Å². The average Bonchev–Trinajstić information content (AvgIpc) is 2.28. The van der Waals surface area contributed by atoms with Crippen molar-refractivity contribution in [2.45, 2.75) is 51.2 Å². The van der Waals surface area contributed by atoms with Crippen molar-refractivity contribution in [2.24, 2.45) is 5.73 Å². The molecular weight excluding hydrogens is 263 g/mol. The molecule has 1 aliphatic rings. The Hall–Kier alpha value is -0.640. The first-order valence-electron chi connectivity index (χ1n) is 6.78. The van der Waals surface area contributed by atoms with E-state index in [0.29, 0.717) is 10.6 Å². The lowest BCUT2D eigenvalue weighted by Gasteiger charge is -2.47. The molecule has 1 heterocycles. The molecule has 2 N–H and O–H groups in total. The predicted molar refractivity (Wildman–Crippen MR) is 77.8 cm³/mol. The molecule has 2 unspecified atom stereocenters. The third-order valence-corrected chi connectivity index (χ3v) is 4.06. The highest BCUT2D eigenvalue weighted by molar-refractivity contribution is 6.30. The average molecular weight is 285 g/mol. The van der Waals surface area contributed by atoms with E-state index in [4.69, 9.17) is 17.3 Å². The summed E-state index contributed by atoms with van der Waals surface area (Å²) in [6.07, 6.45) is 1.99. The van der Waals surface area contributed by atoms with E-state index in [1.807, 2.05) is 0 Å². The number of benzene rings is 1. The molecule has 0 amide bonds. The van der Waals surface area contributed by atoms with Crippen molar-refractivity contribution in [1.82, 2.24) is 4.90 Å². The first-order valence-corrected chi connectivity index (χ1v) is 7.16. The molecule has 2 nitrogen and oxygen atoms in total. The van der Waals surface area contributed by atoms with E-state index in [2.05, 4.69) is 25.7 Å². The summed E-state index contributed by atoms with van der Waals surface area (Å²) < 4.78 is 14.2. The van der Waals surface area contributed by atoms with Crippen LogP contribution >= 0.6 is 11.6 Å². The number of rotatable bonds is 1. The fourth-order valence-corrected chi connectivity index (χ4v) is 3.08. The largest absolute Gasteiger partial charge is 0.326 e. The predicted octanol–water partition coefficient (Wildman–Crippen LogP) is 3.74. The van der Waals surface area contributed by atoms with Gasteiger partial charge in [-0.15, -0.1) is 0 Å². The number of nitrogens with two attached hydrogens (primary N) is 1. The van der Waals surface area contributed by atoms with Gasteiger partial charge in [-0.1, -0.05) is 17.7 Å². The lowest BCUT2D eigenvalue weighted by molar-refractivity contribution is 0.0367. The second-order valence-electron chi connectivity index (χ2n) is 6.28. The van der Waals surface area contributed by atoms with Crippen LogP contribution in [0.4, 0.5) is 4.39 Å². The Morgan fingerprint density at radius 3 is 2.63 bits per heavy atom. The molecule has 106 valence electrons. The van der Waals surface area contributed by atoms with Crippen LogP contribution in [0.15, 0.2) is 18.2 Å². The van der Waals surface area contributed by atoms with Crippen LogP contribution in [0.2, 0.25) is 5.02 Å². The van der Waals surface area contributed by atoms with Gasteiger partial charge >= 0.3 is 0 Å². The number of halogens is 2. The van der Waals surface area contributed by atoms with Crippen molar-refractivity contribution in [3.8, 4) is 0 Å². The molecule has 1 aliphatic heterocycles. The topological polar surface area (TPSA) is 29.3 Å². The van der Waals surface area contributed by atoms with E-state index < -0.39 is 0 Å². The summed E-state index contributed by atoms with van der Waals surface area (Å²) in [5, 5.41) is 0.424. The molecule has 1 fully saturated rings. The lowest BCUT2D eigenvalue weighted by atomic mass is 9.87. The molecule has 1 aromatic carbocycles. The maximum atomic E-state index is 14.2. The van der Waals surface area contributed by atoms with Crippen LogP contribution in [-0.2, 0) is 0 Å². The van der Waals surface area contributed by atoms with Crippen molar-refractivity contribution in [2.75, 3.05) is 6.54 Å². The van der Waals surface area contributed by atoms with Gasteiger partial charge in [0.2, 0.25) is 0 Å². The molecule has 0 saturated carbocycles. The molecular formula is C15H22ClFN2. The highest BCUT2D eigenvalue weighted by atomic mass is 35.5. The van der Waals surface area contributed by atoms with E-state index in [0.717, 1.165) is 19.4 Å². The van der Waals surface area contributed by atoms with Gasteiger partial charge in [0.15, 0.2) is 0 Å². The van der Waals surface area contributed by atoms with Gasteiger partial charge in [-0.05, 0) is 52.3 Å². The zero-order chi connectivity index (χ0) is 14.2. The van der Waals surface area contributed by atoms with E-state index in [9.17, 15) is 4.39 Å². The van der Waals surface area contributed by atoms with Crippen molar-refractivity contribution in [3.63, 3.8) is 0 Å².